The normalized spacial score (nSPS) is 18.8. The summed E-state index contributed by atoms with van der Waals surface area (Å²) in [5.41, 5.74) is 5.23. The molecule has 1 fully saturated rings. The van der Waals surface area contributed by atoms with E-state index in [-0.39, 0.29) is 24.3 Å². The van der Waals surface area contributed by atoms with Gasteiger partial charge in [0.2, 0.25) is 0 Å². The van der Waals surface area contributed by atoms with E-state index >= 15 is 0 Å². The number of hydrogen-bond acceptors (Lipinski definition) is 3. The molecule has 1 aromatic carbocycles. The first-order valence-corrected chi connectivity index (χ1v) is 6.61. The van der Waals surface area contributed by atoms with Crippen LogP contribution in [0.3, 0.4) is 0 Å². The Balaban J connectivity index is 1.96. The second-order valence-electron chi connectivity index (χ2n) is 4.92. The number of rotatable bonds is 4. The van der Waals surface area contributed by atoms with Crippen LogP contribution in [0.4, 0.5) is 13.2 Å². The Morgan fingerprint density at radius 3 is 2.55 bits per heavy atom. The molecule has 112 valence electrons. The average molecular weight is 289 g/mol. The van der Waals surface area contributed by atoms with Gasteiger partial charge in [-0.3, -0.25) is 0 Å². The van der Waals surface area contributed by atoms with Crippen LogP contribution in [0.2, 0.25) is 0 Å². The maximum atomic E-state index is 12.8. The van der Waals surface area contributed by atoms with Gasteiger partial charge in [-0.05, 0) is 30.9 Å². The van der Waals surface area contributed by atoms with Crippen molar-refractivity contribution in [2.24, 2.45) is 11.7 Å². The molecule has 1 aromatic rings. The maximum Gasteiger partial charge on any atom is 0.419 e. The van der Waals surface area contributed by atoms with E-state index in [2.05, 4.69) is 0 Å². The fourth-order valence-corrected chi connectivity index (χ4v) is 2.29. The van der Waals surface area contributed by atoms with E-state index in [9.17, 15) is 13.2 Å². The van der Waals surface area contributed by atoms with Crippen LogP contribution < -0.4 is 10.5 Å². The Morgan fingerprint density at radius 1 is 1.25 bits per heavy atom. The second-order valence-corrected chi connectivity index (χ2v) is 4.92. The Hall–Kier alpha value is -1.27. The molecule has 0 amide bonds. The predicted molar refractivity (Wildman–Crippen MR) is 68.5 cm³/mol. The van der Waals surface area contributed by atoms with Crippen molar-refractivity contribution < 1.29 is 22.6 Å². The van der Waals surface area contributed by atoms with Crippen molar-refractivity contribution in [3.63, 3.8) is 0 Å². The van der Waals surface area contributed by atoms with Gasteiger partial charge in [0.1, 0.15) is 12.4 Å². The molecule has 1 unspecified atom stereocenters. The number of benzene rings is 1. The van der Waals surface area contributed by atoms with Crippen molar-refractivity contribution >= 4 is 0 Å². The Morgan fingerprint density at radius 2 is 1.90 bits per heavy atom. The SMILES string of the molecule is NC(COc1ccccc1C(F)(F)F)C1CCOCC1. The summed E-state index contributed by atoms with van der Waals surface area (Å²) in [6, 6.07) is 4.91. The largest absolute Gasteiger partial charge is 0.491 e. The second kappa shape index (κ2) is 6.45. The molecule has 0 bridgehead atoms. The lowest BCUT2D eigenvalue weighted by Crippen LogP contribution is -2.39. The van der Waals surface area contributed by atoms with E-state index in [1.165, 1.54) is 18.2 Å². The van der Waals surface area contributed by atoms with Gasteiger partial charge >= 0.3 is 6.18 Å². The number of para-hydroxylation sites is 1. The van der Waals surface area contributed by atoms with Gasteiger partial charge in [-0.25, -0.2) is 0 Å². The van der Waals surface area contributed by atoms with E-state index in [0.717, 1.165) is 18.9 Å². The number of alkyl halides is 3. The molecule has 0 aromatic heterocycles. The molecule has 0 spiro atoms. The molecule has 3 nitrogen and oxygen atoms in total. The smallest absolute Gasteiger partial charge is 0.419 e. The molecule has 2 N–H and O–H groups in total. The Kier molecular flexibility index (Phi) is 4.88. The van der Waals surface area contributed by atoms with Crippen LogP contribution in [0.5, 0.6) is 5.75 Å². The number of nitrogens with two attached hydrogens (primary N) is 1. The molecule has 2 rings (SSSR count). The summed E-state index contributed by atoms with van der Waals surface area (Å²) >= 11 is 0. The van der Waals surface area contributed by atoms with E-state index < -0.39 is 11.7 Å². The Labute approximate surface area is 115 Å². The van der Waals surface area contributed by atoms with E-state index in [4.69, 9.17) is 15.2 Å². The highest BCUT2D eigenvalue weighted by Crippen LogP contribution is 2.36. The summed E-state index contributed by atoms with van der Waals surface area (Å²) in [6.07, 6.45) is -2.77. The van der Waals surface area contributed by atoms with Crippen molar-refractivity contribution in [2.45, 2.75) is 25.1 Å². The highest BCUT2D eigenvalue weighted by Gasteiger charge is 2.34. The zero-order valence-electron chi connectivity index (χ0n) is 11.0. The first kappa shape index (κ1) is 15.1. The van der Waals surface area contributed by atoms with Gasteiger partial charge in [0.25, 0.3) is 0 Å². The quantitative estimate of drug-likeness (QED) is 0.927. The molecule has 1 heterocycles. The molecule has 6 heteroatoms. The third kappa shape index (κ3) is 3.86. The lowest BCUT2D eigenvalue weighted by molar-refractivity contribution is -0.139. The van der Waals surface area contributed by atoms with Crippen molar-refractivity contribution in [3.05, 3.63) is 29.8 Å². The minimum Gasteiger partial charge on any atom is -0.491 e. The molecule has 20 heavy (non-hydrogen) atoms. The third-order valence-electron chi connectivity index (χ3n) is 3.50. The van der Waals surface area contributed by atoms with E-state index in [1.54, 1.807) is 0 Å². The van der Waals surface area contributed by atoms with E-state index in [1.807, 2.05) is 0 Å². The lowest BCUT2D eigenvalue weighted by Gasteiger charge is -2.27. The summed E-state index contributed by atoms with van der Waals surface area (Å²) in [6.45, 7) is 1.38. The zero-order valence-corrected chi connectivity index (χ0v) is 11.0. The fourth-order valence-electron chi connectivity index (χ4n) is 2.29. The molecule has 0 saturated carbocycles. The first-order chi connectivity index (χ1) is 9.48. The monoisotopic (exact) mass is 289 g/mol. The van der Waals surface area contributed by atoms with Gasteiger partial charge in [0, 0.05) is 19.3 Å². The summed E-state index contributed by atoms with van der Waals surface area (Å²) in [5, 5.41) is 0. The molecule has 0 aliphatic carbocycles. The topological polar surface area (TPSA) is 44.5 Å². The van der Waals surface area contributed by atoms with Crippen LogP contribution in [-0.4, -0.2) is 25.9 Å². The van der Waals surface area contributed by atoms with E-state index in [0.29, 0.717) is 13.2 Å². The van der Waals surface area contributed by atoms with Crippen molar-refractivity contribution in [1.82, 2.24) is 0 Å². The first-order valence-electron chi connectivity index (χ1n) is 6.61. The number of hydrogen-bond donors (Lipinski definition) is 1. The molecule has 1 aliphatic rings. The van der Waals surface area contributed by atoms with Crippen LogP contribution in [0.1, 0.15) is 18.4 Å². The number of halogens is 3. The molecular weight excluding hydrogens is 271 g/mol. The molecule has 1 aliphatic heterocycles. The van der Waals surface area contributed by atoms with Crippen LogP contribution in [0.25, 0.3) is 0 Å². The van der Waals surface area contributed by atoms with Gasteiger partial charge in [-0.2, -0.15) is 13.2 Å². The average Bonchev–Trinajstić information content (AvgIpc) is 2.45. The highest BCUT2D eigenvalue weighted by atomic mass is 19.4. The zero-order chi connectivity index (χ0) is 14.6. The number of ether oxygens (including phenoxy) is 2. The molecule has 1 saturated heterocycles. The van der Waals surface area contributed by atoms with Crippen molar-refractivity contribution in [1.29, 1.82) is 0 Å². The van der Waals surface area contributed by atoms with Gasteiger partial charge in [-0.1, -0.05) is 12.1 Å². The minimum atomic E-state index is -4.42. The molecule has 0 radical (unpaired) electrons. The summed E-state index contributed by atoms with van der Waals surface area (Å²) in [4.78, 5) is 0. The summed E-state index contributed by atoms with van der Waals surface area (Å²) in [5.74, 6) is 0.0734. The third-order valence-corrected chi connectivity index (χ3v) is 3.50. The maximum absolute atomic E-state index is 12.8. The minimum absolute atomic E-state index is 0.0811. The standard InChI is InChI=1S/C14H18F3NO2/c15-14(16,17)11-3-1-2-4-13(11)20-9-12(18)10-5-7-19-8-6-10/h1-4,10,12H,5-9,18H2. The van der Waals surface area contributed by atoms with Gasteiger partial charge in [0.15, 0.2) is 0 Å². The van der Waals surface area contributed by atoms with Crippen LogP contribution in [0.15, 0.2) is 24.3 Å². The highest BCUT2D eigenvalue weighted by molar-refractivity contribution is 5.35. The van der Waals surface area contributed by atoms with Crippen molar-refractivity contribution in [3.8, 4) is 5.75 Å². The van der Waals surface area contributed by atoms with Crippen molar-refractivity contribution in [2.75, 3.05) is 19.8 Å². The van der Waals surface area contributed by atoms with Crippen LogP contribution in [0, 0.1) is 5.92 Å². The van der Waals surface area contributed by atoms with Gasteiger partial charge < -0.3 is 15.2 Å². The Bertz CT molecular complexity index is 431. The fraction of sp³-hybridized carbons (Fsp3) is 0.571. The summed E-state index contributed by atoms with van der Waals surface area (Å²) in [7, 11) is 0. The summed E-state index contributed by atoms with van der Waals surface area (Å²) < 4.78 is 48.9. The molecule has 1 atom stereocenters. The van der Waals surface area contributed by atoms with Crippen LogP contribution in [-0.2, 0) is 10.9 Å². The lowest BCUT2D eigenvalue weighted by atomic mass is 9.93. The molecular formula is C14H18F3NO2. The predicted octanol–water partition coefficient (Wildman–Crippen LogP) is 2.84. The van der Waals surface area contributed by atoms with Crippen LogP contribution >= 0.6 is 0 Å². The van der Waals surface area contributed by atoms with Gasteiger partial charge in [-0.15, -0.1) is 0 Å². The van der Waals surface area contributed by atoms with Gasteiger partial charge in [0.05, 0.1) is 5.56 Å².